The maximum absolute atomic E-state index is 10.9. The Morgan fingerprint density at radius 2 is 2.05 bits per heavy atom. The van der Waals surface area contributed by atoms with Crippen molar-refractivity contribution in [2.45, 2.75) is 39.8 Å². The van der Waals surface area contributed by atoms with Gasteiger partial charge in [-0.3, -0.25) is 20.4 Å². The molecular weight excluding hydrogens is 276 g/mol. The van der Waals surface area contributed by atoms with E-state index in [9.17, 15) is 10.1 Å². The Morgan fingerprint density at radius 3 is 2.52 bits per heavy atom. The molecule has 0 radical (unpaired) electrons. The maximum atomic E-state index is 10.9. The molecule has 0 aliphatic rings. The molecule has 1 heterocycles. The number of ether oxygens (including phenoxy) is 1. The monoisotopic (exact) mass is 298 g/mol. The van der Waals surface area contributed by atoms with Crippen molar-refractivity contribution in [2.75, 3.05) is 18.6 Å². The highest BCUT2D eigenvalue weighted by Gasteiger charge is 2.20. The fraction of sp³-hybridized carbons (Fsp3) is 0.667. The molecule has 0 fully saturated rings. The van der Waals surface area contributed by atoms with Crippen molar-refractivity contribution < 1.29 is 9.66 Å². The summed E-state index contributed by atoms with van der Waals surface area (Å²) in [5.41, 5.74) is 1.95. The van der Waals surface area contributed by atoms with Crippen molar-refractivity contribution in [3.63, 3.8) is 0 Å². The van der Waals surface area contributed by atoms with Crippen LogP contribution in [0.4, 0.5) is 11.6 Å². The Labute approximate surface area is 123 Å². The molecule has 0 atom stereocenters. The summed E-state index contributed by atoms with van der Waals surface area (Å²) in [6, 6.07) is 0.713. The first-order valence-electron chi connectivity index (χ1n) is 6.73. The Hall–Kier alpha value is -2.00. The van der Waals surface area contributed by atoms with Gasteiger partial charge >= 0.3 is 5.69 Å². The van der Waals surface area contributed by atoms with Gasteiger partial charge in [0.05, 0.1) is 4.92 Å². The summed E-state index contributed by atoms with van der Waals surface area (Å²) in [7, 11) is 0. The smallest absolute Gasteiger partial charge is 0.349 e. The number of hydrogen-bond acceptors (Lipinski definition) is 8. The van der Waals surface area contributed by atoms with E-state index in [0.717, 1.165) is 6.20 Å². The Morgan fingerprint density at radius 1 is 1.43 bits per heavy atom. The summed E-state index contributed by atoms with van der Waals surface area (Å²) < 4.78 is 5.44. The summed E-state index contributed by atoms with van der Waals surface area (Å²) in [5.74, 6) is 5.17. The zero-order valence-electron chi connectivity index (χ0n) is 12.7. The predicted molar refractivity (Wildman–Crippen MR) is 79.0 cm³/mol. The molecule has 0 spiro atoms. The number of aromatic nitrogens is 2. The van der Waals surface area contributed by atoms with E-state index in [1.54, 1.807) is 0 Å². The fourth-order valence-corrected chi connectivity index (χ4v) is 2.02. The van der Waals surface area contributed by atoms with E-state index in [-0.39, 0.29) is 24.1 Å². The van der Waals surface area contributed by atoms with Crippen LogP contribution in [0.15, 0.2) is 6.20 Å². The molecule has 0 aliphatic heterocycles. The lowest BCUT2D eigenvalue weighted by atomic mass is 10.2. The van der Waals surface area contributed by atoms with Gasteiger partial charge in [0.1, 0.15) is 12.8 Å². The van der Waals surface area contributed by atoms with E-state index in [1.807, 2.05) is 0 Å². The van der Waals surface area contributed by atoms with E-state index < -0.39 is 4.92 Å². The second-order valence-electron chi connectivity index (χ2n) is 5.06. The van der Waals surface area contributed by atoms with E-state index in [2.05, 4.69) is 48.0 Å². The van der Waals surface area contributed by atoms with Gasteiger partial charge in [0.25, 0.3) is 5.88 Å². The first kappa shape index (κ1) is 17.1. The number of nitrogens with one attached hydrogen (secondary N) is 1. The summed E-state index contributed by atoms with van der Waals surface area (Å²) in [6.45, 7) is 9.28. The molecule has 0 bridgehead atoms. The summed E-state index contributed by atoms with van der Waals surface area (Å²) >= 11 is 0. The van der Waals surface area contributed by atoms with Crippen LogP contribution in [0.5, 0.6) is 5.88 Å². The molecule has 0 amide bonds. The summed E-state index contributed by atoms with van der Waals surface area (Å²) in [4.78, 5) is 20.1. The largest absolute Gasteiger partial charge is 0.471 e. The summed E-state index contributed by atoms with van der Waals surface area (Å²) in [6.07, 6.45) is 1.07. The highest BCUT2D eigenvalue weighted by molar-refractivity contribution is 5.42. The van der Waals surface area contributed by atoms with Gasteiger partial charge in [0, 0.05) is 18.6 Å². The lowest BCUT2D eigenvalue weighted by Gasteiger charge is -2.30. The quantitative estimate of drug-likeness (QED) is 0.417. The molecule has 118 valence electrons. The highest BCUT2D eigenvalue weighted by Crippen LogP contribution is 2.24. The Kier molecular flexibility index (Phi) is 6.25. The van der Waals surface area contributed by atoms with Gasteiger partial charge in [-0.1, -0.05) is 0 Å². The first-order valence-corrected chi connectivity index (χ1v) is 6.73. The second-order valence-corrected chi connectivity index (χ2v) is 5.06. The first-order chi connectivity index (χ1) is 9.86. The third-order valence-electron chi connectivity index (χ3n) is 2.98. The van der Waals surface area contributed by atoms with Crippen LogP contribution < -0.4 is 16.0 Å². The number of nitrogens with two attached hydrogens (primary N) is 1. The molecule has 0 saturated carbocycles. The molecule has 1 aromatic heterocycles. The van der Waals surface area contributed by atoms with E-state index in [1.165, 1.54) is 0 Å². The zero-order chi connectivity index (χ0) is 16.0. The number of hydrazine groups is 1. The van der Waals surface area contributed by atoms with Gasteiger partial charge in [0.2, 0.25) is 5.95 Å². The van der Waals surface area contributed by atoms with Crippen LogP contribution in [0.25, 0.3) is 0 Å². The van der Waals surface area contributed by atoms with Crippen molar-refractivity contribution in [3.05, 3.63) is 16.3 Å². The van der Waals surface area contributed by atoms with Crippen LogP contribution in [0.1, 0.15) is 27.7 Å². The summed E-state index contributed by atoms with van der Waals surface area (Å²) in [5, 5.41) is 10.9. The van der Waals surface area contributed by atoms with Gasteiger partial charge in [-0.2, -0.15) is 4.98 Å². The van der Waals surface area contributed by atoms with E-state index >= 15 is 0 Å². The predicted octanol–water partition coefficient (Wildman–Crippen LogP) is 1.17. The average molecular weight is 298 g/mol. The van der Waals surface area contributed by atoms with Crippen molar-refractivity contribution in [1.29, 1.82) is 0 Å². The highest BCUT2D eigenvalue weighted by atomic mass is 16.6. The third kappa shape index (κ3) is 4.80. The van der Waals surface area contributed by atoms with E-state index in [0.29, 0.717) is 18.6 Å². The number of nitrogen functional groups attached to an aromatic ring is 1. The number of rotatable bonds is 8. The molecule has 0 aliphatic carbocycles. The minimum Gasteiger partial charge on any atom is -0.471 e. The topological polar surface area (TPSA) is 119 Å². The molecular formula is C12H22N6O3. The molecule has 9 nitrogen and oxygen atoms in total. The normalized spacial score (nSPS) is 11.2. The van der Waals surface area contributed by atoms with Crippen molar-refractivity contribution in [1.82, 2.24) is 14.9 Å². The van der Waals surface area contributed by atoms with Crippen molar-refractivity contribution in [2.24, 2.45) is 5.84 Å². The van der Waals surface area contributed by atoms with Crippen LogP contribution >= 0.6 is 0 Å². The third-order valence-corrected chi connectivity index (χ3v) is 2.98. The van der Waals surface area contributed by atoms with E-state index in [4.69, 9.17) is 10.6 Å². The fourth-order valence-electron chi connectivity index (χ4n) is 2.02. The van der Waals surface area contributed by atoms with Gasteiger partial charge < -0.3 is 4.74 Å². The Bertz CT molecular complexity index is 472. The van der Waals surface area contributed by atoms with Crippen LogP contribution in [0, 0.1) is 10.1 Å². The van der Waals surface area contributed by atoms with Gasteiger partial charge in [-0.05, 0) is 27.7 Å². The van der Waals surface area contributed by atoms with Crippen molar-refractivity contribution >= 4 is 11.6 Å². The van der Waals surface area contributed by atoms with Crippen LogP contribution in [-0.2, 0) is 0 Å². The minimum absolute atomic E-state index is 0.0696. The molecule has 0 aromatic carbocycles. The van der Waals surface area contributed by atoms with Gasteiger partial charge in [-0.15, -0.1) is 0 Å². The SMILES string of the molecule is CC(C)N(CCOc1nc(NN)ncc1[N+](=O)[O-])C(C)C. The molecule has 21 heavy (non-hydrogen) atoms. The maximum Gasteiger partial charge on any atom is 0.349 e. The number of nitro groups is 1. The zero-order valence-corrected chi connectivity index (χ0v) is 12.7. The van der Waals surface area contributed by atoms with Gasteiger partial charge in [-0.25, -0.2) is 10.8 Å². The lowest BCUT2D eigenvalue weighted by molar-refractivity contribution is -0.386. The molecule has 1 rings (SSSR count). The number of hydrogen-bond donors (Lipinski definition) is 2. The van der Waals surface area contributed by atoms with Crippen LogP contribution in [0.2, 0.25) is 0 Å². The van der Waals surface area contributed by atoms with Crippen molar-refractivity contribution in [3.8, 4) is 5.88 Å². The lowest BCUT2D eigenvalue weighted by Crippen LogP contribution is -2.39. The number of nitrogens with zero attached hydrogens (tertiary/aromatic N) is 4. The molecule has 0 saturated heterocycles. The molecule has 3 N–H and O–H groups in total. The molecule has 1 aromatic rings. The minimum atomic E-state index is -0.585. The van der Waals surface area contributed by atoms with Gasteiger partial charge in [0.15, 0.2) is 0 Å². The Balaban J connectivity index is 2.75. The average Bonchev–Trinajstić information content (AvgIpc) is 2.42. The molecule has 0 unspecified atom stereocenters. The van der Waals surface area contributed by atoms with Crippen LogP contribution in [-0.4, -0.2) is 45.0 Å². The standard InChI is InChI=1S/C12H22N6O3/c1-8(2)17(9(3)4)5-6-21-11-10(18(19)20)7-14-12(15-11)16-13/h7-9H,5-6,13H2,1-4H3,(H,14,15,16). The van der Waals surface area contributed by atoms with Crippen LogP contribution in [0.3, 0.4) is 0 Å². The number of anilines is 1. The second kappa shape index (κ2) is 7.70. The molecule has 9 heteroatoms.